The van der Waals surface area contributed by atoms with E-state index in [0.29, 0.717) is 13.1 Å². The van der Waals surface area contributed by atoms with Crippen molar-refractivity contribution in [3.05, 3.63) is 71.8 Å². The second-order valence-electron chi connectivity index (χ2n) is 7.72. The molecule has 1 aliphatic heterocycles. The predicted molar refractivity (Wildman–Crippen MR) is 119 cm³/mol. The molecule has 2 aromatic carbocycles. The van der Waals surface area contributed by atoms with E-state index in [1.165, 1.54) is 11.1 Å². The molecule has 2 amide bonds. The number of rotatable bonds is 8. The number of hydrogen-bond acceptors (Lipinski definition) is 4. The first-order valence-corrected chi connectivity index (χ1v) is 10.7. The smallest absolute Gasteiger partial charge is 0.242 e. The van der Waals surface area contributed by atoms with Gasteiger partial charge in [-0.15, -0.1) is 0 Å². The molecule has 160 valence electrons. The molecule has 0 radical (unpaired) electrons. The van der Waals surface area contributed by atoms with Crippen LogP contribution >= 0.6 is 0 Å². The Morgan fingerprint density at radius 3 is 1.93 bits per heavy atom. The standard InChI is InChI=1S/C24H32N4O2/c1-3-25-24(30)19(2)26-22(29)18-27-14-16-28(17-15-27)23(20-10-6-4-7-11-20)21-12-8-5-9-13-21/h4-13,19,23H,3,14-18H2,1-2H3,(H,25,30)(H,26,29)/t19-/m0/s1. The summed E-state index contributed by atoms with van der Waals surface area (Å²) in [6.07, 6.45) is 0. The van der Waals surface area contributed by atoms with E-state index in [1.807, 2.05) is 19.1 Å². The van der Waals surface area contributed by atoms with Crippen LogP contribution in [0, 0.1) is 0 Å². The number of carbonyl (C=O) groups is 2. The number of likely N-dealkylation sites (N-methyl/N-ethyl adjacent to an activating group) is 1. The van der Waals surface area contributed by atoms with Crippen molar-refractivity contribution in [2.45, 2.75) is 25.9 Å². The Morgan fingerprint density at radius 2 is 1.43 bits per heavy atom. The number of carbonyl (C=O) groups excluding carboxylic acids is 2. The van der Waals surface area contributed by atoms with E-state index in [9.17, 15) is 9.59 Å². The first-order chi connectivity index (χ1) is 14.6. The highest BCUT2D eigenvalue weighted by Crippen LogP contribution is 2.29. The van der Waals surface area contributed by atoms with E-state index in [0.717, 1.165) is 26.2 Å². The topological polar surface area (TPSA) is 64.7 Å². The van der Waals surface area contributed by atoms with Gasteiger partial charge in [0.15, 0.2) is 0 Å². The first kappa shape index (κ1) is 22.0. The van der Waals surface area contributed by atoms with Crippen molar-refractivity contribution in [3.8, 4) is 0 Å². The monoisotopic (exact) mass is 408 g/mol. The van der Waals surface area contributed by atoms with Crippen molar-refractivity contribution in [2.24, 2.45) is 0 Å². The second kappa shape index (κ2) is 10.9. The van der Waals surface area contributed by atoms with Crippen LogP contribution in [0.5, 0.6) is 0 Å². The van der Waals surface area contributed by atoms with Gasteiger partial charge in [0.2, 0.25) is 11.8 Å². The maximum absolute atomic E-state index is 12.3. The van der Waals surface area contributed by atoms with Crippen molar-refractivity contribution in [3.63, 3.8) is 0 Å². The largest absolute Gasteiger partial charge is 0.355 e. The van der Waals surface area contributed by atoms with Crippen LogP contribution in [0.1, 0.15) is 31.0 Å². The van der Waals surface area contributed by atoms with E-state index < -0.39 is 6.04 Å². The van der Waals surface area contributed by atoms with Gasteiger partial charge in [-0.25, -0.2) is 0 Å². The molecule has 2 aromatic rings. The van der Waals surface area contributed by atoms with Crippen LogP contribution < -0.4 is 10.6 Å². The van der Waals surface area contributed by atoms with Crippen LogP contribution in [0.15, 0.2) is 60.7 Å². The molecule has 1 atom stereocenters. The zero-order valence-corrected chi connectivity index (χ0v) is 17.9. The lowest BCUT2D eigenvalue weighted by Crippen LogP contribution is -2.52. The lowest BCUT2D eigenvalue weighted by Gasteiger charge is -2.39. The van der Waals surface area contributed by atoms with Crippen LogP contribution in [0.4, 0.5) is 0 Å². The number of amides is 2. The summed E-state index contributed by atoms with van der Waals surface area (Å²) in [7, 11) is 0. The third-order valence-electron chi connectivity index (χ3n) is 5.49. The fourth-order valence-electron chi connectivity index (χ4n) is 3.95. The molecule has 0 spiro atoms. The Hall–Kier alpha value is -2.70. The molecule has 30 heavy (non-hydrogen) atoms. The minimum atomic E-state index is -0.515. The molecule has 2 N–H and O–H groups in total. The number of benzene rings is 2. The fraction of sp³-hybridized carbons (Fsp3) is 0.417. The average Bonchev–Trinajstić information content (AvgIpc) is 2.77. The summed E-state index contributed by atoms with van der Waals surface area (Å²) in [5.74, 6) is -0.255. The van der Waals surface area contributed by atoms with Crippen LogP contribution in [0.25, 0.3) is 0 Å². The number of piperazine rings is 1. The van der Waals surface area contributed by atoms with Gasteiger partial charge in [-0.05, 0) is 25.0 Å². The highest BCUT2D eigenvalue weighted by Gasteiger charge is 2.27. The first-order valence-electron chi connectivity index (χ1n) is 10.7. The van der Waals surface area contributed by atoms with Gasteiger partial charge in [-0.2, -0.15) is 0 Å². The second-order valence-corrected chi connectivity index (χ2v) is 7.72. The van der Waals surface area contributed by atoms with Crippen LogP contribution in [-0.2, 0) is 9.59 Å². The summed E-state index contributed by atoms with van der Waals surface area (Å²) in [5.41, 5.74) is 2.57. The molecule has 6 nitrogen and oxygen atoms in total. The highest BCUT2D eigenvalue weighted by atomic mass is 16.2. The van der Waals surface area contributed by atoms with Gasteiger partial charge in [0, 0.05) is 32.7 Å². The van der Waals surface area contributed by atoms with Crippen molar-refractivity contribution in [1.82, 2.24) is 20.4 Å². The van der Waals surface area contributed by atoms with E-state index in [2.05, 4.69) is 69.0 Å². The molecule has 1 saturated heterocycles. The normalized spacial score (nSPS) is 16.2. The Morgan fingerprint density at radius 1 is 0.900 bits per heavy atom. The Bertz CT molecular complexity index is 765. The summed E-state index contributed by atoms with van der Waals surface area (Å²) < 4.78 is 0. The summed E-state index contributed by atoms with van der Waals surface area (Å²) in [4.78, 5) is 28.8. The Kier molecular flexibility index (Phi) is 7.99. The van der Waals surface area contributed by atoms with E-state index >= 15 is 0 Å². The SMILES string of the molecule is CCNC(=O)[C@H](C)NC(=O)CN1CCN(C(c2ccccc2)c2ccccc2)CC1. The predicted octanol–water partition coefficient (Wildman–Crippen LogP) is 2.03. The maximum atomic E-state index is 12.3. The molecule has 0 aliphatic carbocycles. The molecule has 0 unspecified atom stereocenters. The maximum Gasteiger partial charge on any atom is 0.242 e. The van der Waals surface area contributed by atoms with Crippen LogP contribution in [0.3, 0.4) is 0 Å². The lowest BCUT2D eigenvalue weighted by molar-refractivity contribution is -0.129. The molecule has 0 saturated carbocycles. The molecule has 1 heterocycles. The number of nitrogens with one attached hydrogen (secondary N) is 2. The summed E-state index contributed by atoms with van der Waals surface area (Å²) in [5, 5.41) is 5.52. The zero-order chi connectivity index (χ0) is 21.3. The van der Waals surface area contributed by atoms with Crippen molar-refractivity contribution in [1.29, 1.82) is 0 Å². The van der Waals surface area contributed by atoms with Crippen molar-refractivity contribution >= 4 is 11.8 Å². The van der Waals surface area contributed by atoms with E-state index in [4.69, 9.17) is 0 Å². The fourth-order valence-corrected chi connectivity index (χ4v) is 3.95. The average molecular weight is 409 g/mol. The molecular formula is C24H32N4O2. The van der Waals surface area contributed by atoms with Crippen LogP contribution in [-0.4, -0.2) is 66.9 Å². The summed E-state index contributed by atoms with van der Waals surface area (Å²) in [6, 6.07) is 20.8. The third-order valence-corrected chi connectivity index (χ3v) is 5.49. The van der Waals surface area contributed by atoms with Gasteiger partial charge in [0.05, 0.1) is 12.6 Å². The Balaban J connectivity index is 1.58. The van der Waals surface area contributed by atoms with Gasteiger partial charge in [-0.1, -0.05) is 60.7 Å². The van der Waals surface area contributed by atoms with Gasteiger partial charge in [0.25, 0.3) is 0 Å². The molecule has 0 aromatic heterocycles. The lowest BCUT2D eigenvalue weighted by atomic mass is 9.96. The molecule has 3 rings (SSSR count). The Labute approximate surface area is 179 Å². The number of nitrogens with zero attached hydrogens (tertiary/aromatic N) is 2. The minimum Gasteiger partial charge on any atom is -0.355 e. The summed E-state index contributed by atoms with van der Waals surface area (Å²) in [6.45, 7) is 7.86. The van der Waals surface area contributed by atoms with Crippen molar-refractivity contribution < 1.29 is 9.59 Å². The van der Waals surface area contributed by atoms with Gasteiger partial charge < -0.3 is 10.6 Å². The number of hydrogen-bond donors (Lipinski definition) is 2. The van der Waals surface area contributed by atoms with Gasteiger partial charge in [-0.3, -0.25) is 19.4 Å². The quantitative estimate of drug-likeness (QED) is 0.702. The molecule has 0 bridgehead atoms. The van der Waals surface area contributed by atoms with Crippen LogP contribution in [0.2, 0.25) is 0 Å². The third kappa shape index (κ3) is 5.90. The zero-order valence-electron chi connectivity index (χ0n) is 17.9. The van der Waals surface area contributed by atoms with Crippen molar-refractivity contribution in [2.75, 3.05) is 39.3 Å². The highest BCUT2D eigenvalue weighted by molar-refractivity contribution is 5.87. The molecular weight excluding hydrogens is 376 g/mol. The van der Waals surface area contributed by atoms with E-state index in [-0.39, 0.29) is 17.9 Å². The molecule has 1 aliphatic rings. The summed E-state index contributed by atoms with van der Waals surface area (Å²) >= 11 is 0. The van der Waals surface area contributed by atoms with Gasteiger partial charge >= 0.3 is 0 Å². The molecule has 1 fully saturated rings. The molecule has 6 heteroatoms. The minimum absolute atomic E-state index is 0.107. The van der Waals surface area contributed by atoms with Gasteiger partial charge in [0.1, 0.15) is 6.04 Å². The van der Waals surface area contributed by atoms with E-state index in [1.54, 1.807) is 6.92 Å².